The second-order valence-corrected chi connectivity index (χ2v) is 8.72. The Hall–Kier alpha value is -3.12. The molecule has 5 nitrogen and oxygen atoms in total. The van der Waals surface area contributed by atoms with E-state index in [4.69, 9.17) is 9.84 Å². The van der Waals surface area contributed by atoms with Crippen LogP contribution < -0.4 is 9.64 Å². The molecule has 0 saturated heterocycles. The fraction of sp³-hybridized carbons (Fsp3) is 0.217. The van der Waals surface area contributed by atoms with Gasteiger partial charge in [-0.1, -0.05) is 74.6 Å². The van der Waals surface area contributed by atoms with E-state index in [9.17, 15) is 9.59 Å². The van der Waals surface area contributed by atoms with Crippen LogP contribution in [0, 0.1) is 0 Å². The predicted octanol–water partition coefficient (Wildman–Crippen LogP) is 6.05. The molecule has 29 heavy (non-hydrogen) atoms. The Labute approximate surface area is 174 Å². The summed E-state index contributed by atoms with van der Waals surface area (Å²) in [7, 11) is 1.62. The average Bonchev–Trinajstić information content (AvgIpc) is 3.10. The quantitative estimate of drug-likeness (QED) is 0.533. The van der Waals surface area contributed by atoms with Crippen molar-refractivity contribution in [1.29, 1.82) is 0 Å². The maximum Gasteiger partial charge on any atom is 0.512 e. The van der Waals surface area contributed by atoms with Crippen molar-refractivity contribution in [2.45, 2.75) is 26.2 Å². The molecule has 1 amide bonds. The summed E-state index contributed by atoms with van der Waals surface area (Å²) in [6.45, 7) is 6.34. The summed E-state index contributed by atoms with van der Waals surface area (Å²) < 4.78 is 4.96. The number of benzene rings is 2. The van der Waals surface area contributed by atoms with Gasteiger partial charge in [-0.15, -0.1) is 0 Å². The first-order chi connectivity index (χ1) is 13.7. The Morgan fingerprint density at radius 2 is 1.62 bits per heavy atom. The van der Waals surface area contributed by atoms with Gasteiger partial charge in [0.05, 0.1) is 5.69 Å². The first-order valence-electron chi connectivity index (χ1n) is 9.15. The largest absolute Gasteiger partial charge is 0.512 e. The molecule has 0 spiro atoms. The molecule has 3 rings (SSSR count). The number of hydrogen-bond donors (Lipinski definition) is 1. The molecule has 1 heterocycles. The van der Waals surface area contributed by atoms with Gasteiger partial charge in [-0.2, -0.15) is 0 Å². The van der Waals surface area contributed by atoms with Crippen LogP contribution in [0.15, 0.2) is 60.7 Å². The highest BCUT2D eigenvalue weighted by Crippen LogP contribution is 2.43. The maximum atomic E-state index is 13.0. The summed E-state index contributed by atoms with van der Waals surface area (Å²) in [5, 5.41) is 9.26. The molecule has 0 radical (unpaired) electrons. The second-order valence-electron chi connectivity index (χ2n) is 7.71. The van der Waals surface area contributed by atoms with Crippen molar-refractivity contribution in [2.24, 2.45) is 0 Å². The van der Waals surface area contributed by atoms with Gasteiger partial charge in [-0.05, 0) is 34.7 Å². The van der Waals surface area contributed by atoms with Crippen molar-refractivity contribution in [2.75, 3.05) is 11.9 Å². The molecule has 0 saturated carbocycles. The number of nitrogens with zero attached hydrogens (tertiary/aromatic N) is 1. The zero-order valence-corrected chi connectivity index (χ0v) is 17.6. The third-order valence-electron chi connectivity index (χ3n) is 4.58. The average molecular weight is 410 g/mol. The SMILES string of the molecule is CN(C(=O)c1ccc(C(C)(C)C)cc1)c1cc(-c2ccccc2)sc1OC(=O)O. The standard InChI is InChI=1S/C23H23NO4S/c1-23(2,3)17-12-10-16(11-13-17)20(25)24(4)18-14-19(15-8-6-5-7-9-15)29-21(18)28-22(26)27/h5-14H,1-4H3,(H,26,27). The highest BCUT2D eigenvalue weighted by molar-refractivity contribution is 7.18. The fourth-order valence-electron chi connectivity index (χ4n) is 2.91. The Kier molecular flexibility index (Phi) is 5.75. The first-order valence-corrected chi connectivity index (χ1v) is 9.97. The van der Waals surface area contributed by atoms with Gasteiger partial charge < -0.3 is 14.7 Å². The molecule has 150 valence electrons. The summed E-state index contributed by atoms with van der Waals surface area (Å²) in [6.07, 6.45) is -1.41. The van der Waals surface area contributed by atoms with E-state index in [2.05, 4.69) is 20.8 Å². The topological polar surface area (TPSA) is 66.8 Å². The van der Waals surface area contributed by atoms with Crippen molar-refractivity contribution in [3.05, 3.63) is 71.8 Å². The van der Waals surface area contributed by atoms with Crippen LogP contribution in [0.5, 0.6) is 5.06 Å². The van der Waals surface area contributed by atoms with Crippen LogP contribution in [-0.4, -0.2) is 24.2 Å². The molecule has 0 bridgehead atoms. The lowest BCUT2D eigenvalue weighted by Gasteiger charge is -2.20. The van der Waals surface area contributed by atoms with Crippen LogP contribution in [0.1, 0.15) is 36.7 Å². The van der Waals surface area contributed by atoms with E-state index >= 15 is 0 Å². The van der Waals surface area contributed by atoms with Crippen LogP contribution in [-0.2, 0) is 5.41 Å². The molecule has 0 unspecified atom stereocenters. The Morgan fingerprint density at radius 3 is 2.17 bits per heavy atom. The Bertz CT molecular complexity index is 1020. The van der Waals surface area contributed by atoms with Gasteiger partial charge in [-0.25, -0.2) is 4.79 Å². The Balaban J connectivity index is 1.94. The highest BCUT2D eigenvalue weighted by atomic mass is 32.1. The fourth-order valence-corrected chi connectivity index (χ4v) is 3.95. The van der Waals surface area contributed by atoms with Crippen molar-refractivity contribution in [1.82, 2.24) is 0 Å². The number of ether oxygens (including phenoxy) is 1. The number of amides is 1. The lowest BCUT2D eigenvalue weighted by atomic mass is 9.86. The van der Waals surface area contributed by atoms with Crippen LogP contribution in [0.25, 0.3) is 10.4 Å². The minimum Gasteiger partial charge on any atom is -0.449 e. The van der Waals surface area contributed by atoms with E-state index in [1.54, 1.807) is 25.2 Å². The van der Waals surface area contributed by atoms with E-state index in [1.807, 2.05) is 42.5 Å². The number of rotatable bonds is 4. The van der Waals surface area contributed by atoms with E-state index in [0.29, 0.717) is 11.3 Å². The molecule has 0 aliphatic carbocycles. The molecule has 0 aliphatic rings. The lowest BCUT2D eigenvalue weighted by Crippen LogP contribution is -2.26. The van der Waals surface area contributed by atoms with Gasteiger partial charge in [0.1, 0.15) is 0 Å². The molecule has 0 atom stereocenters. The number of anilines is 1. The molecule has 2 aromatic carbocycles. The predicted molar refractivity (Wildman–Crippen MR) is 116 cm³/mol. The highest BCUT2D eigenvalue weighted by Gasteiger charge is 2.23. The molecule has 0 fully saturated rings. The normalized spacial score (nSPS) is 11.2. The summed E-state index contributed by atoms with van der Waals surface area (Å²) in [5.74, 6) is -0.238. The molecule has 1 aromatic heterocycles. The van der Waals surface area contributed by atoms with Gasteiger partial charge in [0.25, 0.3) is 5.91 Å². The number of thiophene rings is 1. The third kappa shape index (κ3) is 4.66. The third-order valence-corrected chi connectivity index (χ3v) is 5.63. The van der Waals surface area contributed by atoms with Gasteiger partial charge in [-0.3, -0.25) is 4.79 Å². The van der Waals surface area contributed by atoms with Crippen LogP contribution in [0.2, 0.25) is 0 Å². The van der Waals surface area contributed by atoms with Gasteiger partial charge in [0, 0.05) is 17.5 Å². The Morgan fingerprint density at radius 1 is 1.00 bits per heavy atom. The van der Waals surface area contributed by atoms with E-state index in [0.717, 1.165) is 16.0 Å². The van der Waals surface area contributed by atoms with Crippen LogP contribution >= 0.6 is 11.3 Å². The summed E-state index contributed by atoms with van der Waals surface area (Å²) in [5.41, 5.74) is 2.99. The molecular formula is C23H23NO4S. The molecule has 1 N–H and O–H groups in total. The molecule has 0 aliphatic heterocycles. The monoisotopic (exact) mass is 409 g/mol. The van der Waals surface area contributed by atoms with Gasteiger partial charge >= 0.3 is 6.16 Å². The maximum absolute atomic E-state index is 13.0. The smallest absolute Gasteiger partial charge is 0.449 e. The van der Waals surface area contributed by atoms with Gasteiger partial charge in [0.2, 0.25) is 5.06 Å². The van der Waals surface area contributed by atoms with Crippen molar-refractivity contribution >= 4 is 29.1 Å². The lowest BCUT2D eigenvalue weighted by molar-refractivity contribution is 0.0991. The molecular weight excluding hydrogens is 386 g/mol. The second kappa shape index (κ2) is 8.09. The zero-order valence-electron chi connectivity index (χ0n) is 16.8. The van der Waals surface area contributed by atoms with Crippen molar-refractivity contribution in [3.63, 3.8) is 0 Å². The van der Waals surface area contributed by atoms with Crippen molar-refractivity contribution in [3.8, 4) is 15.5 Å². The van der Waals surface area contributed by atoms with E-state index in [-0.39, 0.29) is 16.4 Å². The van der Waals surface area contributed by atoms with Crippen molar-refractivity contribution < 1.29 is 19.4 Å². The molecule has 3 aromatic rings. The summed E-state index contributed by atoms with van der Waals surface area (Å²) in [6, 6.07) is 18.8. The minimum atomic E-state index is -1.41. The number of carbonyl (C=O) groups excluding carboxylic acids is 1. The number of carboxylic acid groups (broad SMARTS) is 1. The number of carbonyl (C=O) groups is 2. The molecule has 6 heteroatoms. The number of hydrogen-bond acceptors (Lipinski definition) is 4. The summed E-state index contributed by atoms with van der Waals surface area (Å²) in [4.78, 5) is 26.4. The minimum absolute atomic E-state index is 0.00603. The van der Waals surface area contributed by atoms with Crippen LogP contribution in [0.4, 0.5) is 10.5 Å². The van der Waals surface area contributed by atoms with Crippen LogP contribution in [0.3, 0.4) is 0 Å². The zero-order chi connectivity index (χ0) is 21.2. The van der Waals surface area contributed by atoms with Gasteiger partial charge in [0.15, 0.2) is 0 Å². The first kappa shape index (κ1) is 20.6. The summed E-state index contributed by atoms with van der Waals surface area (Å²) >= 11 is 1.19. The van der Waals surface area contributed by atoms with E-state index in [1.165, 1.54) is 16.2 Å². The van der Waals surface area contributed by atoms with E-state index < -0.39 is 6.16 Å².